The Balaban J connectivity index is 1.47. The second-order valence-corrected chi connectivity index (χ2v) is 9.54. The van der Waals surface area contributed by atoms with E-state index in [1.807, 2.05) is 73.7 Å². The molecule has 1 heterocycles. The first-order valence-electron chi connectivity index (χ1n) is 10.9. The zero-order chi connectivity index (χ0) is 23.2. The minimum atomic E-state index is -0.189. The Morgan fingerprint density at radius 3 is 2.61 bits per heavy atom. The fourth-order valence-corrected chi connectivity index (χ4v) is 4.99. The van der Waals surface area contributed by atoms with Crippen molar-refractivity contribution in [1.82, 2.24) is 5.32 Å². The highest BCUT2D eigenvalue weighted by Gasteiger charge is 2.30. The molecule has 0 aliphatic carbocycles. The van der Waals surface area contributed by atoms with E-state index in [4.69, 9.17) is 11.6 Å². The molecule has 4 nitrogen and oxygen atoms in total. The second-order valence-electron chi connectivity index (χ2n) is 8.02. The molecule has 0 aromatic heterocycles. The van der Waals surface area contributed by atoms with Crippen LogP contribution in [0.3, 0.4) is 0 Å². The Bertz CT molecular complexity index is 1180. The molecule has 0 saturated carbocycles. The number of hydrogen-bond acceptors (Lipinski definition) is 3. The molecule has 0 fully saturated rings. The van der Waals surface area contributed by atoms with Gasteiger partial charge in [0.25, 0.3) is 5.91 Å². The van der Waals surface area contributed by atoms with Crippen molar-refractivity contribution < 1.29 is 9.59 Å². The molecule has 33 heavy (non-hydrogen) atoms. The molecule has 1 aliphatic heterocycles. The molecule has 168 valence electrons. The van der Waals surface area contributed by atoms with Gasteiger partial charge < -0.3 is 5.32 Å². The highest BCUT2D eigenvalue weighted by molar-refractivity contribution is 8.04. The SMILES string of the molecule is CC(CCc1ccccc1)NC(=O)CN1C(=O)/C(=C/c2cccc(Cl)c2)Sc2ccccc21. The maximum absolute atomic E-state index is 13.3. The van der Waals surface area contributed by atoms with Gasteiger partial charge in [0.05, 0.1) is 10.6 Å². The van der Waals surface area contributed by atoms with Crippen LogP contribution in [0.25, 0.3) is 6.08 Å². The monoisotopic (exact) mass is 476 g/mol. The number of halogens is 1. The molecular formula is C27H25ClN2O2S. The number of para-hydroxylation sites is 1. The van der Waals surface area contributed by atoms with Gasteiger partial charge in [-0.1, -0.05) is 78.0 Å². The number of nitrogens with zero attached hydrogens (tertiary/aromatic N) is 1. The molecule has 4 rings (SSSR count). The summed E-state index contributed by atoms with van der Waals surface area (Å²) in [6, 6.07) is 25.2. The van der Waals surface area contributed by atoms with Gasteiger partial charge in [-0.25, -0.2) is 0 Å². The molecule has 3 aromatic carbocycles. The summed E-state index contributed by atoms with van der Waals surface area (Å²) in [7, 11) is 0. The summed E-state index contributed by atoms with van der Waals surface area (Å²) in [6.45, 7) is 1.96. The molecule has 3 aromatic rings. The zero-order valence-corrected chi connectivity index (χ0v) is 19.9. The van der Waals surface area contributed by atoms with Crippen molar-refractivity contribution in [2.75, 3.05) is 11.4 Å². The van der Waals surface area contributed by atoms with E-state index in [1.165, 1.54) is 17.3 Å². The maximum Gasteiger partial charge on any atom is 0.265 e. The van der Waals surface area contributed by atoms with Crippen molar-refractivity contribution in [3.63, 3.8) is 0 Å². The molecule has 1 atom stereocenters. The second kappa shape index (κ2) is 10.7. The number of carbonyl (C=O) groups excluding carboxylic acids is 2. The Morgan fingerprint density at radius 2 is 1.82 bits per heavy atom. The third-order valence-electron chi connectivity index (χ3n) is 5.40. The average Bonchev–Trinajstić information content (AvgIpc) is 2.81. The van der Waals surface area contributed by atoms with E-state index in [-0.39, 0.29) is 24.4 Å². The number of rotatable bonds is 7. The topological polar surface area (TPSA) is 49.4 Å². The Morgan fingerprint density at radius 1 is 1.06 bits per heavy atom. The van der Waals surface area contributed by atoms with Gasteiger partial charge in [-0.3, -0.25) is 14.5 Å². The van der Waals surface area contributed by atoms with Crippen LogP contribution < -0.4 is 10.2 Å². The smallest absolute Gasteiger partial charge is 0.265 e. The lowest BCUT2D eigenvalue weighted by atomic mass is 10.1. The number of fused-ring (bicyclic) bond motifs is 1. The molecule has 1 N–H and O–H groups in total. The summed E-state index contributed by atoms with van der Waals surface area (Å²) in [4.78, 5) is 29.2. The van der Waals surface area contributed by atoms with Crippen molar-refractivity contribution in [2.24, 2.45) is 0 Å². The van der Waals surface area contributed by atoms with E-state index in [0.29, 0.717) is 9.93 Å². The fourth-order valence-electron chi connectivity index (χ4n) is 3.73. The van der Waals surface area contributed by atoms with E-state index in [1.54, 1.807) is 11.0 Å². The van der Waals surface area contributed by atoms with Crippen LogP contribution >= 0.6 is 23.4 Å². The lowest BCUT2D eigenvalue weighted by molar-refractivity contribution is -0.122. The summed E-state index contributed by atoms with van der Waals surface area (Å²) in [5.74, 6) is -0.363. The van der Waals surface area contributed by atoms with E-state index in [0.717, 1.165) is 29.0 Å². The standard InChI is InChI=1S/C27H25ClN2O2S/c1-19(14-15-20-8-3-2-4-9-20)29-26(31)18-30-23-12-5-6-13-24(23)33-25(27(30)32)17-21-10-7-11-22(28)16-21/h2-13,16-17,19H,14-15,18H2,1H3,(H,29,31)/b25-17-. The summed E-state index contributed by atoms with van der Waals surface area (Å²) >= 11 is 7.52. The zero-order valence-electron chi connectivity index (χ0n) is 18.3. The number of thioether (sulfide) groups is 1. The first-order chi connectivity index (χ1) is 16.0. The quantitative estimate of drug-likeness (QED) is 0.428. The highest BCUT2D eigenvalue weighted by Crippen LogP contribution is 2.42. The van der Waals surface area contributed by atoms with E-state index < -0.39 is 0 Å². The number of amides is 2. The van der Waals surface area contributed by atoms with Gasteiger partial charge in [0.15, 0.2) is 0 Å². The van der Waals surface area contributed by atoms with Gasteiger partial charge in [-0.15, -0.1) is 0 Å². The van der Waals surface area contributed by atoms with Crippen molar-refractivity contribution in [1.29, 1.82) is 0 Å². The van der Waals surface area contributed by atoms with Gasteiger partial charge in [0.2, 0.25) is 5.91 Å². The average molecular weight is 477 g/mol. The summed E-state index contributed by atoms with van der Waals surface area (Å²) in [5.41, 5.74) is 2.84. The van der Waals surface area contributed by atoms with Crippen LogP contribution in [0.2, 0.25) is 5.02 Å². The van der Waals surface area contributed by atoms with Crippen LogP contribution in [0.5, 0.6) is 0 Å². The molecule has 6 heteroatoms. The van der Waals surface area contributed by atoms with Crippen molar-refractivity contribution in [3.05, 3.63) is 99.9 Å². The Labute approximate surface area is 203 Å². The van der Waals surface area contributed by atoms with Crippen molar-refractivity contribution in [3.8, 4) is 0 Å². The number of benzene rings is 3. The van der Waals surface area contributed by atoms with Crippen LogP contribution in [-0.4, -0.2) is 24.4 Å². The van der Waals surface area contributed by atoms with Gasteiger partial charge in [0.1, 0.15) is 6.54 Å². The van der Waals surface area contributed by atoms with Crippen LogP contribution in [-0.2, 0) is 16.0 Å². The number of hydrogen-bond donors (Lipinski definition) is 1. The van der Waals surface area contributed by atoms with Gasteiger partial charge in [-0.05, 0) is 61.2 Å². The summed E-state index contributed by atoms with van der Waals surface area (Å²) in [5, 5.41) is 3.65. The van der Waals surface area contributed by atoms with E-state index in [2.05, 4.69) is 17.4 Å². The number of anilines is 1. The Hall–Kier alpha value is -3.02. The first-order valence-corrected chi connectivity index (χ1v) is 12.1. The normalized spacial score (nSPS) is 15.3. The third-order valence-corrected chi connectivity index (χ3v) is 6.71. The Kier molecular flexibility index (Phi) is 7.53. The molecule has 0 spiro atoms. The molecule has 2 amide bonds. The number of aryl methyl sites for hydroxylation is 1. The fraction of sp³-hybridized carbons (Fsp3) is 0.185. The molecule has 0 bridgehead atoms. The summed E-state index contributed by atoms with van der Waals surface area (Å²) in [6.07, 6.45) is 3.54. The summed E-state index contributed by atoms with van der Waals surface area (Å²) < 4.78 is 0. The van der Waals surface area contributed by atoms with Gasteiger partial charge in [-0.2, -0.15) is 0 Å². The van der Waals surface area contributed by atoms with Crippen molar-refractivity contribution >= 4 is 46.9 Å². The largest absolute Gasteiger partial charge is 0.352 e. The number of nitrogens with one attached hydrogen (secondary N) is 1. The van der Waals surface area contributed by atoms with Crippen LogP contribution in [0.1, 0.15) is 24.5 Å². The highest BCUT2D eigenvalue weighted by atomic mass is 35.5. The minimum absolute atomic E-state index is 0.00342. The maximum atomic E-state index is 13.3. The molecule has 1 unspecified atom stereocenters. The third kappa shape index (κ3) is 6.06. The van der Waals surface area contributed by atoms with E-state index in [9.17, 15) is 9.59 Å². The van der Waals surface area contributed by atoms with E-state index >= 15 is 0 Å². The predicted molar refractivity (Wildman–Crippen MR) is 136 cm³/mol. The molecule has 1 aliphatic rings. The lowest BCUT2D eigenvalue weighted by Gasteiger charge is -2.30. The van der Waals surface area contributed by atoms with Gasteiger partial charge >= 0.3 is 0 Å². The van der Waals surface area contributed by atoms with Gasteiger partial charge in [0, 0.05) is 16.0 Å². The van der Waals surface area contributed by atoms with Crippen LogP contribution in [0.4, 0.5) is 5.69 Å². The van der Waals surface area contributed by atoms with Crippen LogP contribution in [0.15, 0.2) is 88.7 Å². The van der Waals surface area contributed by atoms with Crippen molar-refractivity contribution in [2.45, 2.75) is 30.7 Å². The molecular weight excluding hydrogens is 452 g/mol. The molecule has 0 saturated heterocycles. The lowest BCUT2D eigenvalue weighted by Crippen LogP contribution is -2.45. The number of carbonyl (C=O) groups is 2. The van der Waals surface area contributed by atoms with Crippen LogP contribution in [0, 0.1) is 0 Å². The predicted octanol–water partition coefficient (Wildman–Crippen LogP) is 5.96. The first kappa shape index (κ1) is 23.1. The molecule has 0 radical (unpaired) electrons. The minimum Gasteiger partial charge on any atom is -0.352 e.